The van der Waals surface area contributed by atoms with Crippen molar-refractivity contribution in [2.45, 2.75) is 37.9 Å². The Hall–Kier alpha value is -3.42. The van der Waals surface area contributed by atoms with Gasteiger partial charge >= 0.3 is 6.18 Å². The van der Waals surface area contributed by atoms with E-state index in [0.717, 1.165) is 6.42 Å². The maximum Gasteiger partial charge on any atom is 0.389 e. The van der Waals surface area contributed by atoms with Crippen LogP contribution < -0.4 is 10.6 Å². The highest BCUT2D eigenvalue weighted by Gasteiger charge is 2.37. The van der Waals surface area contributed by atoms with Crippen LogP contribution >= 0.6 is 0 Å². The monoisotopic (exact) mass is 493 g/mol. The van der Waals surface area contributed by atoms with Crippen molar-refractivity contribution in [1.29, 1.82) is 0 Å². The van der Waals surface area contributed by atoms with Crippen molar-refractivity contribution in [3.63, 3.8) is 0 Å². The van der Waals surface area contributed by atoms with E-state index in [9.17, 15) is 18.0 Å². The lowest BCUT2D eigenvalue weighted by atomic mass is 10.1. The van der Waals surface area contributed by atoms with Crippen molar-refractivity contribution in [3.05, 3.63) is 18.4 Å². The molecule has 3 aromatic heterocycles. The van der Waals surface area contributed by atoms with E-state index >= 15 is 0 Å². The molecule has 2 aliphatic heterocycles. The van der Waals surface area contributed by atoms with Gasteiger partial charge in [0, 0.05) is 39.1 Å². The first-order chi connectivity index (χ1) is 16.8. The largest absolute Gasteiger partial charge is 0.461 e. The standard InChI is InChI=1S/C21H26F3N9O2/c22-21(23,24)6-3-7-30-9-11-31(12-10-30)17(34)14-4-1-8-32(14)19-27-18(25)33-20(28-19)26-16(29-33)15-5-2-13-35-15/h2,5,13-14H,1,3-4,6-12H2,(H2,25,26,27,28,29)/t14-/m0/s1. The Balaban J connectivity index is 1.25. The number of nitrogens with two attached hydrogens (primary N) is 1. The Morgan fingerprint density at radius 2 is 1.94 bits per heavy atom. The first-order valence-corrected chi connectivity index (χ1v) is 11.6. The van der Waals surface area contributed by atoms with Gasteiger partial charge in [-0.2, -0.15) is 32.6 Å². The first-order valence-electron chi connectivity index (χ1n) is 11.6. The summed E-state index contributed by atoms with van der Waals surface area (Å²) in [6.45, 7) is 3.05. The second-order valence-electron chi connectivity index (χ2n) is 8.74. The SMILES string of the molecule is Nc1nc(N2CCC[C@H]2C(=O)N2CCN(CCCC(F)(F)F)CC2)nc2nc(-c3ccco3)nn12. The fourth-order valence-corrected chi connectivity index (χ4v) is 4.60. The lowest BCUT2D eigenvalue weighted by Crippen LogP contribution is -2.54. The summed E-state index contributed by atoms with van der Waals surface area (Å²) in [6.07, 6.45) is -1.88. The van der Waals surface area contributed by atoms with E-state index in [-0.39, 0.29) is 24.1 Å². The van der Waals surface area contributed by atoms with Gasteiger partial charge in [-0.15, -0.1) is 5.10 Å². The maximum absolute atomic E-state index is 13.3. The van der Waals surface area contributed by atoms with E-state index in [4.69, 9.17) is 10.2 Å². The number of amides is 1. The number of rotatable bonds is 6. The third-order valence-electron chi connectivity index (χ3n) is 6.38. The van der Waals surface area contributed by atoms with E-state index in [2.05, 4.69) is 20.1 Å². The van der Waals surface area contributed by atoms with Crippen molar-refractivity contribution in [2.24, 2.45) is 0 Å². The molecule has 0 saturated carbocycles. The third-order valence-corrected chi connectivity index (χ3v) is 6.38. The molecule has 2 fully saturated rings. The summed E-state index contributed by atoms with van der Waals surface area (Å²) in [6, 6.07) is 3.02. The van der Waals surface area contributed by atoms with Gasteiger partial charge in [0.25, 0.3) is 5.78 Å². The number of alkyl halides is 3. The molecule has 0 bridgehead atoms. The van der Waals surface area contributed by atoms with Crippen molar-refractivity contribution < 1.29 is 22.4 Å². The van der Waals surface area contributed by atoms with Crippen LogP contribution in [0.5, 0.6) is 0 Å². The van der Waals surface area contributed by atoms with E-state index in [1.165, 1.54) is 10.8 Å². The molecule has 2 N–H and O–H groups in total. The average Bonchev–Trinajstić information content (AvgIpc) is 3.58. The molecule has 1 atom stereocenters. The number of furan rings is 1. The Morgan fingerprint density at radius 3 is 2.66 bits per heavy atom. The number of halogens is 3. The van der Waals surface area contributed by atoms with Gasteiger partial charge < -0.3 is 20.0 Å². The molecule has 35 heavy (non-hydrogen) atoms. The summed E-state index contributed by atoms with van der Waals surface area (Å²) in [5.74, 6) is 1.44. The highest BCUT2D eigenvalue weighted by atomic mass is 19.4. The lowest BCUT2D eigenvalue weighted by molar-refractivity contribution is -0.136. The van der Waals surface area contributed by atoms with Crippen LogP contribution in [0, 0.1) is 0 Å². The lowest BCUT2D eigenvalue weighted by Gasteiger charge is -2.37. The molecule has 3 aromatic rings. The first kappa shape index (κ1) is 23.3. The number of nitrogen functional groups attached to an aromatic ring is 1. The summed E-state index contributed by atoms with van der Waals surface area (Å²) in [5, 5.41) is 4.29. The van der Waals surface area contributed by atoms with Crippen LogP contribution in [-0.2, 0) is 4.79 Å². The highest BCUT2D eigenvalue weighted by molar-refractivity contribution is 5.85. The van der Waals surface area contributed by atoms with Crippen molar-refractivity contribution in [2.75, 3.05) is 49.9 Å². The van der Waals surface area contributed by atoms with Gasteiger partial charge in [0.05, 0.1) is 6.26 Å². The van der Waals surface area contributed by atoms with Gasteiger partial charge in [-0.25, -0.2) is 0 Å². The second-order valence-corrected chi connectivity index (χ2v) is 8.74. The Labute approximate surface area is 198 Å². The van der Waals surface area contributed by atoms with Gasteiger partial charge in [-0.05, 0) is 37.9 Å². The number of fused-ring (bicyclic) bond motifs is 1. The molecule has 0 unspecified atom stereocenters. The van der Waals surface area contributed by atoms with Crippen LogP contribution in [0.2, 0.25) is 0 Å². The van der Waals surface area contributed by atoms with Gasteiger partial charge in [0.1, 0.15) is 6.04 Å². The zero-order chi connectivity index (χ0) is 24.6. The van der Waals surface area contributed by atoms with Crippen molar-refractivity contribution in [1.82, 2.24) is 34.4 Å². The molecular weight excluding hydrogens is 467 g/mol. The fraction of sp³-hybridized carbons (Fsp3) is 0.571. The smallest absolute Gasteiger partial charge is 0.389 e. The summed E-state index contributed by atoms with van der Waals surface area (Å²) in [5.41, 5.74) is 6.12. The zero-order valence-electron chi connectivity index (χ0n) is 19.0. The number of anilines is 2. The number of piperazine rings is 1. The number of carbonyl (C=O) groups excluding carboxylic acids is 1. The molecule has 0 spiro atoms. The Kier molecular flexibility index (Phi) is 6.21. The quantitative estimate of drug-likeness (QED) is 0.548. The molecular formula is C21H26F3N9O2. The van der Waals surface area contributed by atoms with Crippen LogP contribution in [0.25, 0.3) is 17.4 Å². The second kappa shape index (κ2) is 9.32. The summed E-state index contributed by atoms with van der Waals surface area (Å²) < 4.78 is 43.9. The summed E-state index contributed by atoms with van der Waals surface area (Å²) in [4.78, 5) is 32.2. The molecule has 188 valence electrons. The Morgan fingerprint density at radius 1 is 1.14 bits per heavy atom. The normalized spacial score (nSPS) is 19.7. The van der Waals surface area contributed by atoms with E-state index in [0.29, 0.717) is 63.2 Å². The number of nitrogens with zero attached hydrogens (tertiary/aromatic N) is 8. The Bertz CT molecular complexity index is 1170. The van der Waals surface area contributed by atoms with Crippen LogP contribution in [0.3, 0.4) is 0 Å². The number of carbonyl (C=O) groups is 1. The minimum Gasteiger partial charge on any atom is -0.461 e. The van der Waals surface area contributed by atoms with E-state index in [1.807, 2.05) is 9.80 Å². The summed E-state index contributed by atoms with van der Waals surface area (Å²) in [7, 11) is 0. The number of hydrogen-bond acceptors (Lipinski definition) is 9. The molecule has 0 aliphatic carbocycles. The molecule has 0 radical (unpaired) electrons. The molecule has 2 saturated heterocycles. The molecule has 14 heteroatoms. The predicted octanol–water partition coefficient (Wildman–Crippen LogP) is 1.82. The predicted molar refractivity (Wildman–Crippen MR) is 119 cm³/mol. The van der Waals surface area contributed by atoms with Gasteiger partial charge in [-0.3, -0.25) is 9.69 Å². The molecule has 2 aliphatic rings. The number of aromatic nitrogens is 5. The topological polar surface area (TPSA) is 122 Å². The van der Waals surface area contributed by atoms with Crippen LogP contribution in [0.4, 0.5) is 25.1 Å². The van der Waals surface area contributed by atoms with Crippen LogP contribution in [0.1, 0.15) is 25.7 Å². The van der Waals surface area contributed by atoms with E-state index in [1.54, 1.807) is 17.0 Å². The zero-order valence-corrected chi connectivity index (χ0v) is 19.0. The molecule has 11 nitrogen and oxygen atoms in total. The van der Waals surface area contributed by atoms with Crippen molar-refractivity contribution in [3.8, 4) is 11.6 Å². The molecule has 0 aromatic carbocycles. The minimum atomic E-state index is -4.13. The number of hydrogen-bond donors (Lipinski definition) is 1. The van der Waals surface area contributed by atoms with Crippen molar-refractivity contribution >= 4 is 23.6 Å². The molecule has 5 heterocycles. The average molecular weight is 493 g/mol. The third kappa shape index (κ3) is 5.01. The van der Waals surface area contributed by atoms with Gasteiger partial charge in [0.2, 0.25) is 23.6 Å². The maximum atomic E-state index is 13.3. The summed E-state index contributed by atoms with van der Waals surface area (Å²) >= 11 is 0. The van der Waals surface area contributed by atoms with Crippen LogP contribution in [0.15, 0.2) is 22.8 Å². The van der Waals surface area contributed by atoms with Crippen LogP contribution in [-0.4, -0.2) is 91.8 Å². The van der Waals surface area contributed by atoms with E-state index < -0.39 is 18.6 Å². The molecule has 1 amide bonds. The highest BCUT2D eigenvalue weighted by Crippen LogP contribution is 2.27. The minimum absolute atomic E-state index is 0.0303. The fourth-order valence-electron chi connectivity index (χ4n) is 4.60. The molecule has 5 rings (SSSR count). The van der Waals surface area contributed by atoms with Gasteiger partial charge in [0.15, 0.2) is 5.76 Å². The van der Waals surface area contributed by atoms with Gasteiger partial charge in [-0.1, -0.05) is 0 Å².